The van der Waals surface area contributed by atoms with Crippen LogP contribution in [0.3, 0.4) is 0 Å². The third-order valence-electron chi connectivity index (χ3n) is 2.29. The molecule has 0 unspecified atom stereocenters. The predicted molar refractivity (Wildman–Crippen MR) is 72.6 cm³/mol. The van der Waals surface area contributed by atoms with E-state index in [1.54, 1.807) is 6.07 Å². The zero-order valence-corrected chi connectivity index (χ0v) is 11.7. The normalized spacial score (nSPS) is 10.0. The van der Waals surface area contributed by atoms with Crippen molar-refractivity contribution in [2.24, 2.45) is 5.73 Å². The van der Waals surface area contributed by atoms with Crippen LogP contribution in [-0.2, 0) is 9.53 Å². The summed E-state index contributed by atoms with van der Waals surface area (Å²) in [6.45, 7) is 2.09. The lowest BCUT2D eigenvalue weighted by atomic mass is 10.1. The third-order valence-corrected chi connectivity index (χ3v) is 3.46. The van der Waals surface area contributed by atoms with Crippen molar-refractivity contribution in [1.82, 2.24) is 0 Å². The Hall–Kier alpha value is -1.11. The summed E-state index contributed by atoms with van der Waals surface area (Å²) < 4.78 is 6.09. The fourth-order valence-corrected chi connectivity index (χ4v) is 1.82. The Balaban J connectivity index is 2.53. The SMILES string of the molecule is Cc1c(I)cccc1C(=O)OCCCC(N)=O. The van der Waals surface area contributed by atoms with Gasteiger partial charge < -0.3 is 10.5 Å². The Bertz CT molecular complexity index is 432. The van der Waals surface area contributed by atoms with Crippen molar-refractivity contribution in [2.75, 3.05) is 6.61 Å². The monoisotopic (exact) mass is 347 g/mol. The fraction of sp³-hybridized carbons (Fsp3) is 0.333. The molecule has 0 saturated carbocycles. The summed E-state index contributed by atoms with van der Waals surface area (Å²) in [5.41, 5.74) is 6.46. The van der Waals surface area contributed by atoms with Crippen LogP contribution in [0.25, 0.3) is 0 Å². The first-order chi connectivity index (χ1) is 8.02. The zero-order valence-electron chi connectivity index (χ0n) is 9.53. The van der Waals surface area contributed by atoms with E-state index >= 15 is 0 Å². The van der Waals surface area contributed by atoms with E-state index in [1.165, 1.54) is 0 Å². The molecule has 0 atom stereocenters. The molecule has 0 aliphatic heterocycles. The molecule has 1 aromatic rings. The molecule has 2 N–H and O–H groups in total. The number of carbonyl (C=O) groups excluding carboxylic acids is 2. The molecule has 1 aromatic carbocycles. The minimum absolute atomic E-state index is 0.215. The van der Waals surface area contributed by atoms with Crippen LogP contribution in [0.1, 0.15) is 28.8 Å². The number of ether oxygens (including phenoxy) is 1. The molecule has 0 aliphatic carbocycles. The van der Waals surface area contributed by atoms with Gasteiger partial charge in [0.25, 0.3) is 0 Å². The van der Waals surface area contributed by atoms with E-state index in [4.69, 9.17) is 10.5 Å². The largest absolute Gasteiger partial charge is 0.462 e. The number of carbonyl (C=O) groups is 2. The molecule has 17 heavy (non-hydrogen) atoms. The molecule has 1 rings (SSSR count). The standard InChI is InChI=1S/C12H14INO3/c1-8-9(4-2-5-10(8)13)12(16)17-7-3-6-11(14)15/h2,4-5H,3,6-7H2,1H3,(H2,14,15). The molecule has 1 amide bonds. The van der Waals surface area contributed by atoms with Crippen molar-refractivity contribution >= 4 is 34.5 Å². The van der Waals surface area contributed by atoms with Crippen molar-refractivity contribution in [3.63, 3.8) is 0 Å². The number of amides is 1. The van der Waals surface area contributed by atoms with E-state index in [-0.39, 0.29) is 24.9 Å². The quantitative estimate of drug-likeness (QED) is 0.503. The van der Waals surface area contributed by atoms with Gasteiger partial charge in [0.2, 0.25) is 5.91 Å². The fourth-order valence-electron chi connectivity index (χ4n) is 1.32. The summed E-state index contributed by atoms with van der Waals surface area (Å²) >= 11 is 2.17. The number of esters is 1. The van der Waals surface area contributed by atoms with Crippen molar-refractivity contribution in [1.29, 1.82) is 0 Å². The maximum atomic E-state index is 11.7. The van der Waals surface area contributed by atoms with Gasteiger partial charge in [-0.15, -0.1) is 0 Å². The zero-order chi connectivity index (χ0) is 12.8. The van der Waals surface area contributed by atoms with Gasteiger partial charge in [-0.2, -0.15) is 0 Å². The molecule has 0 aromatic heterocycles. The summed E-state index contributed by atoms with van der Waals surface area (Å²) in [6, 6.07) is 5.47. The van der Waals surface area contributed by atoms with Gasteiger partial charge in [-0.05, 0) is 53.6 Å². The second kappa shape index (κ2) is 6.58. The summed E-state index contributed by atoms with van der Waals surface area (Å²) in [6.07, 6.45) is 0.697. The van der Waals surface area contributed by atoms with Gasteiger partial charge in [-0.25, -0.2) is 4.79 Å². The lowest BCUT2D eigenvalue weighted by molar-refractivity contribution is -0.118. The Kier molecular flexibility index (Phi) is 5.40. The summed E-state index contributed by atoms with van der Waals surface area (Å²) in [7, 11) is 0. The molecule has 5 heteroatoms. The molecular weight excluding hydrogens is 333 g/mol. The van der Waals surface area contributed by atoms with Crippen LogP contribution in [0.4, 0.5) is 0 Å². The summed E-state index contributed by atoms with van der Waals surface area (Å²) in [5, 5.41) is 0. The van der Waals surface area contributed by atoms with Gasteiger partial charge in [0.05, 0.1) is 12.2 Å². The molecule has 4 nitrogen and oxygen atoms in total. The Labute approximate surface area is 114 Å². The molecule has 0 bridgehead atoms. The van der Waals surface area contributed by atoms with Gasteiger partial charge in [0.15, 0.2) is 0 Å². The van der Waals surface area contributed by atoms with Gasteiger partial charge >= 0.3 is 5.97 Å². The number of primary amides is 1. The molecule has 0 spiro atoms. The number of hydrogen-bond acceptors (Lipinski definition) is 3. The van der Waals surface area contributed by atoms with E-state index in [2.05, 4.69) is 22.6 Å². The second-order valence-corrected chi connectivity index (χ2v) is 4.78. The van der Waals surface area contributed by atoms with Crippen LogP contribution in [0.2, 0.25) is 0 Å². The smallest absolute Gasteiger partial charge is 0.338 e. The van der Waals surface area contributed by atoms with Gasteiger partial charge in [0, 0.05) is 9.99 Å². The first-order valence-electron chi connectivity index (χ1n) is 5.23. The highest BCUT2D eigenvalue weighted by Crippen LogP contribution is 2.16. The van der Waals surface area contributed by atoms with Crippen LogP contribution >= 0.6 is 22.6 Å². The number of benzene rings is 1. The minimum atomic E-state index is -0.383. The lowest BCUT2D eigenvalue weighted by Gasteiger charge is -2.07. The third kappa shape index (κ3) is 4.33. The van der Waals surface area contributed by atoms with E-state index in [0.29, 0.717) is 12.0 Å². The van der Waals surface area contributed by atoms with E-state index in [9.17, 15) is 9.59 Å². The van der Waals surface area contributed by atoms with E-state index < -0.39 is 0 Å². The number of rotatable bonds is 5. The highest BCUT2D eigenvalue weighted by Gasteiger charge is 2.11. The summed E-state index contributed by atoms with van der Waals surface area (Å²) in [4.78, 5) is 22.2. The van der Waals surface area contributed by atoms with Crippen LogP contribution in [0.15, 0.2) is 18.2 Å². The molecule has 0 radical (unpaired) electrons. The van der Waals surface area contributed by atoms with Gasteiger partial charge in [0.1, 0.15) is 0 Å². The van der Waals surface area contributed by atoms with Crippen LogP contribution < -0.4 is 5.73 Å². The second-order valence-electron chi connectivity index (χ2n) is 3.62. The molecule has 0 aliphatic rings. The predicted octanol–water partition coefficient (Wildman–Crippen LogP) is 2.02. The molecule has 0 saturated heterocycles. The van der Waals surface area contributed by atoms with Crippen molar-refractivity contribution in [3.05, 3.63) is 32.9 Å². The average molecular weight is 347 g/mol. The van der Waals surface area contributed by atoms with Crippen LogP contribution in [-0.4, -0.2) is 18.5 Å². The maximum absolute atomic E-state index is 11.7. The van der Waals surface area contributed by atoms with Crippen LogP contribution in [0, 0.1) is 10.5 Å². The Morgan fingerprint density at radius 2 is 2.12 bits per heavy atom. The average Bonchev–Trinajstić information content (AvgIpc) is 2.27. The first-order valence-corrected chi connectivity index (χ1v) is 6.31. The lowest BCUT2D eigenvalue weighted by Crippen LogP contribution is -2.13. The first kappa shape index (κ1) is 14.0. The topological polar surface area (TPSA) is 69.4 Å². The van der Waals surface area contributed by atoms with Gasteiger partial charge in [-0.1, -0.05) is 6.07 Å². The maximum Gasteiger partial charge on any atom is 0.338 e. The van der Waals surface area contributed by atoms with E-state index in [1.807, 2.05) is 19.1 Å². The van der Waals surface area contributed by atoms with Crippen molar-refractivity contribution in [2.45, 2.75) is 19.8 Å². The molecular formula is C12H14INO3. The molecule has 0 heterocycles. The molecule has 92 valence electrons. The van der Waals surface area contributed by atoms with Gasteiger partial charge in [-0.3, -0.25) is 4.79 Å². The Morgan fingerprint density at radius 1 is 1.41 bits per heavy atom. The number of halogens is 1. The van der Waals surface area contributed by atoms with Crippen molar-refractivity contribution < 1.29 is 14.3 Å². The van der Waals surface area contributed by atoms with Crippen molar-refractivity contribution in [3.8, 4) is 0 Å². The Morgan fingerprint density at radius 3 is 2.76 bits per heavy atom. The number of hydrogen-bond donors (Lipinski definition) is 1. The minimum Gasteiger partial charge on any atom is -0.462 e. The highest BCUT2D eigenvalue weighted by molar-refractivity contribution is 14.1. The van der Waals surface area contributed by atoms with E-state index in [0.717, 1.165) is 9.13 Å². The molecule has 0 fully saturated rings. The number of nitrogens with two attached hydrogens (primary N) is 1. The van der Waals surface area contributed by atoms with Crippen LogP contribution in [0.5, 0.6) is 0 Å². The highest BCUT2D eigenvalue weighted by atomic mass is 127. The summed E-state index contributed by atoms with van der Waals surface area (Å²) in [5.74, 6) is -0.739.